The molecule has 0 N–H and O–H groups in total. The normalized spacial score (nSPS) is 11.6. The third-order valence-corrected chi connectivity index (χ3v) is 2.55. The zero-order valence-corrected chi connectivity index (χ0v) is 11.1. The van der Waals surface area contributed by atoms with Gasteiger partial charge < -0.3 is 4.74 Å². The average molecular weight is 270 g/mol. The van der Waals surface area contributed by atoms with E-state index in [4.69, 9.17) is 10.5 Å². The number of rotatable bonds is 6. The predicted molar refractivity (Wildman–Crippen MR) is 71.2 cm³/mol. The Labute approximate surface area is 117 Å². The maximum Gasteiger partial charge on any atom is 0.340 e. The molecule has 6 nitrogen and oxygen atoms in total. The van der Waals surface area contributed by atoms with E-state index in [1.165, 1.54) is 7.11 Å². The lowest BCUT2D eigenvalue weighted by atomic mass is 10.1. The van der Waals surface area contributed by atoms with E-state index in [9.17, 15) is 4.79 Å². The fourth-order valence-corrected chi connectivity index (χ4v) is 1.52. The van der Waals surface area contributed by atoms with Crippen molar-refractivity contribution in [2.75, 3.05) is 7.11 Å². The number of nitrogens with zero attached hydrogens (tertiary/aromatic N) is 4. The van der Waals surface area contributed by atoms with Crippen LogP contribution in [0.3, 0.4) is 0 Å². The van der Waals surface area contributed by atoms with Gasteiger partial charge in [0, 0.05) is 6.42 Å². The van der Waals surface area contributed by atoms with Crippen molar-refractivity contribution in [2.45, 2.75) is 25.3 Å². The van der Waals surface area contributed by atoms with Crippen LogP contribution in [0, 0.1) is 22.7 Å². The summed E-state index contributed by atoms with van der Waals surface area (Å²) in [5, 5.41) is 25.3. The highest BCUT2D eigenvalue weighted by atomic mass is 16.5. The highest BCUT2D eigenvalue weighted by Crippen LogP contribution is 2.21. The first kappa shape index (κ1) is 15.3. The van der Waals surface area contributed by atoms with Gasteiger partial charge in [-0.05, 0) is 18.6 Å². The second kappa shape index (κ2) is 8.39. The minimum atomic E-state index is -0.492. The van der Waals surface area contributed by atoms with Crippen molar-refractivity contribution in [3.8, 4) is 12.1 Å². The second-order valence-corrected chi connectivity index (χ2v) is 3.94. The van der Waals surface area contributed by atoms with Crippen molar-refractivity contribution in [2.24, 2.45) is 10.2 Å². The molecule has 0 aliphatic heterocycles. The van der Waals surface area contributed by atoms with Gasteiger partial charge in [-0.25, -0.2) is 4.79 Å². The molecule has 1 unspecified atom stereocenters. The monoisotopic (exact) mass is 270 g/mol. The molecule has 0 aliphatic carbocycles. The molecule has 0 radical (unpaired) electrons. The molecule has 0 amide bonds. The number of hydrogen-bond acceptors (Lipinski definition) is 6. The van der Waals surface area contributed by atoms with Crippen LogP contribution in [0.4, 0.5) is 5.69 Å². The molecular weight excluding hydrogens is 256 g/mol. The molecule has 0 saturated heterocycles. The third-order valence-electron chi connectivity index (χ3n) is 2.55. The first-order valence-electron chi connectivity index (χ1n) is 6.05. The molecule has 20 heavy (non-hydrogen) atoms. The molecule has 6 heteroatoms. The number of esters is 1. The van der Waals surface area contributed by atoms with Crippen LogP contribution >= 0.6 is 0 Å². The lowest BCUT2D eigenvalue weighted by Crippen LogP contribution is -2.03. The van der Waals surface area contributed by atoms with Crippen molar-refractivity contribution in [3.05, 3.63) is 29.8 Å². The van der Waals surface area contributed by atoms with E-state index in [-0.39, 0.29) is 12.5 Å². The quantitative estimate of drug-likeness (QED) is 0.585. The summed E-state index contributed by atoms with van der Waals surface area (Å²) in [5.74, 6) is -0.492. The van der Waals surface area contributed by atoms with Crippen LogP contribution in [0.1, 0.15) is 29.6 Å². The van der Waals surface area contributed by atoms with Gasteiger partial charge in [-0.15, -0.1) is 0 Å². The van der Waals surface area contributed by atoms with Gasteiger partial charge in [0.1, 0.15) is 0 Å². The molecule has 0 aliphatic rings. The van der Waals surface area contributed by atoms with Gasteiger partial charge in [-0.1, -0.05) is 12.1 Å². The van der Waals surface area contributed by atoms with Crippen LogP contribution < -0.4 is 0 Å². The van der Waals surface area contributed by atoms with E-state index in [0.29, 0.717) is 24.1 Å². The molecule has 1 aromatic carbocycles. The van der Waals surface area contributed by atoms with Crippen molar-refractivity contribution in [1.29, 1.82) is 10.5 Å². The molecule has 0 fully saturated rings. The summed E-state index contributed by atoms with van der Waals surface area (Å²) in [6.07, 6.45) is 0.962. The largest absolute Gasteiger partial charge is 0.465 e. The molecule has 102 valence electrons. The summed E-state index contributed by atoms with van der Waals surface area (Å²) in [6, 6.07) is 10.3. The molecule has 1 aromatic rings. The Hall–Kier alpha value is -2.73. The second-order valence-electron chi connectivity index (χ2n) is 3.94. The van der Waals surface area contributed by atoms with Gasteiger partial charge in [-0.2, -0.15) is 20.8 Å². The zero-order valence-electron chi connectivity index (χ0n) is 11.1. The highest BCUT2D eigenvalue weighted by Gasteiger charge is 2.11. The molecule has 0 aromatic heterocycles. The van der Waals surface area contributed by atoms with E-state index in [1.807, 2.05) is 12.1 Å². The standard InChI is InChI=1S/C14H14N4O2/c1-20-14(19)12-6-2-3-7-13(12)18-17-11(8-10-16)5-4-9-15/h2-3,6-7,11H,4-5,8H2,1H3. The molecule has 0 spiro atoms. The molecular formula is C14H14N4O2. The first-order valence-corrected chi connectivity index (χ1v) is 6.05. The number of carbonyl (C=O) groups excluding carboxylic acids is 1. The van der Waals surface area contributed by atoms with Crippen molar-refractivity contribution >= 4 is 11.7 Å². The van der Waals surface area contributed by atoms with E-state index in [2.05, 4.69) is 15.0 Å². The predicted octanol–water partition coefficient (Wildman–Crippen LogP) is 3.14. The Bertz CT molecular complexity index is 569. The first-order chi connectivity index (χ1) is 9.72. The maximum atomic E-state index is 11.6. The van der Waals surface area contributed by atoms with Crippen LogP contribution in [0.2, 0.25) is 0 Å². The van der Waals surface area contributed by atoms with Gasteiger partial charge >= 0.3 is 5.97 Å². The molecule has 1 rings (SSSR count). The molecule has 0 heterocycles. The number of hydrogen-bond donors (Lipinski definition) is 0. The van der Waals surface area contributed by atoms with Gasteiger partial charge in [0.05, 0.1) is 43.0 Å². The van der Waals surface area contributed by atoms with Gasteiger partial charge in [0.25, 0.3) is 0 Å². The zero-order chi connectivity index (χ0) is 14.8. The Morgan fingerprint density at radius 2 is 2.10 bits per heavy atom. The number of methoxy groups -OCH3 is 1. The summed E-state index contributed by atoms with van der Waals surface area (Å²) in [4.78, 5) is 11.6. The van der Waals surface area contributed by atoms with Crippen LogP contribution in [-0.4, -0.2) is 19.1 Å². The van der Waals surface area contributed by atoms with Crippen molar-refractivity contribution in [1.82, 2.24) is 0 Å². The number of carbonyl (C=O) groups is 1. The van der Waals surface area contributed by atoms with E-state index >= 15 is 0 Å². The molecule has 0 saturated carbocycles. The fourth-order valence-electron chi connectivity index (χ4n) is 1.52. The fraction of sp³-hybridized carbons (Fsp3) is 0.357. The SMILES string of the molecule is COC(=O)c1ccccc1N=NC(CC#N)CCC#N. The van der Waals surface area contributed by atoms with E-state index in [1.54, 1.807) is 24.3 Å². The summed E-state index contributed by atoms with van der Waals surface area (Å²) in [5.41, 5.74) is 0.703. The molecule has 1 atom stereocenters. The van der Waals surface area contributed by atoms with Gasteiger partial charge in [0.15, 0.2) is 0 Å². The minimum Gasteiger partial charge on any atom is -0.465 e. The van der Waals surface area contributed by atoms with Gasteiger partial charge in [0.2, 0.25) is 0 Å². The summed E-state index contributed by atoms with van der Waals surface area (Å²) in [7, 11) is 1.29. The summed E-state index contributed by atoms with van der Waals surface area (Å²) in [6.45, 7) is 0. The number of benzene rings is 1. The van der Waals surface area contributed by atoms with E-state index in [0.717, 1.165) is 0 Å². The van der Waals surface area contributed by atoms with Crippen molar-refractivity contribution < 1.29 is 9.53 Å². The number of nitriles is 2. The van der Waals surface area contributed by atoms with Crippen LogP contribution in [-0.2, 0) is 4.74 Å². The Morgan fingerprint density at radius 3 is 2.75 bits per heavy atom. The Balaban J connectivity index is 2.90. The highest BCUT2D eigenvalue weighted by molar-refractivity contribution is 5.94. The topological polar surface area (TPSA) is 98.6 Å². The minimum absolute atomic E-state index is 0.186. The summed E-state index contributed by atoms with van der Waals surface area (Å²) < 4.78 is 4.66. The average Bonchev–Trinajstić information content (AvgIpc) is 2.49. The Morgan fingerprint density at radius 1 is 1.35 bits per heavy atom. The maximum absolute atomic E-state index is 11.6. The van der Waals surface area contributed by atoms with E-state index < -0.39 is 5.97 Å². The van der Waals surface area contributed by atoms with Gasteiger partial charge in [-0.3, -0.25) is 0 Å². The van der Waals surface area contributed by atoms with Crippen LogP contribution in [0.5, 0.6) is 0 Å². The Kier molecular flexibility index (Phi) is 6.43. The van der Waals surface area contributed by atoms with Crippen LogP contribution in [0.25, 0.3) is 0 Å². The number of ether oxygens (including phenoxy) is 1. The van der Waals surface area contributed by atoms with Crippen molar-refractivity contribution in [3.63, 3.8) is 0 Å². The van der Waals surface area contributed by atoms with Crippen LogP contribution in [0.15, 0.2) is 34.5 Å². The lowest BCUT2D eigenvalue weighted by molar-refractivity contribution is 0.0601. The summed E-state index contributed by atoms with van der Waals surface area (Å²) >= 11 is 0. The lowest BCUT2D eigenvalue weighted by Gasteiger charge is -2.05. The smallest absolute Gasteiger partial charge is 0.340 e. The third kappa shape index (κ3) is 4.51. The number of azo groups is 1. The molecule has 0 bridgehead atoms.